The van der Waals surface area contributed by atoms with Gasteiger partial charge in [0.25, 0.3) is 0 Å². The number of rotatable bonds is 5. The fourth-order valence-corrected chi connectivity index (χ4v) is 3.00. The van der Waals surface area contributed by atoms with Crippen LogP contribution in [0, 0.1) is 13.8 Å². The van der Waals surface area contributed by atoms with Gasteiger partial charge in [0.2, 0.25) is 0 Å². The highest BCUT2D eigenvalue weighted by Crippen LogP contribution is 2.33. The Labute approximate surface area is 128 Å². The third kappa shape index (κ3) is 3.07. The predicted octanol–water partition coefficient (Wildman–Crippen LogP) is 4.37. The van der Waals surface area contributed by atoms with Crippen molar-refractivity contribution in [1.29, 1.82) is 0 Å². The van der Waals surface area contributed by atoms with Crippen LogP contribution in [-0.4, -0.2) is 13.7 Å². The van der Waals surface area contributed by atoms with Crippen molar-refractivity contribution >= 4 is 15.9 Å². The Hall–Kier alpha value is -1.26. The number of benzene rings is 1. The van der Waals surface area contributed by atoms with Crippen molar-refractivity contribution in [2.75, 3.05) is 13.7 Å². The molecule has 4 heteroatoms. The monoisotopic (exact) mass is 337 g/mol. The first-order valence-electron chi connectivity index (χ1n) is 6.73. The average Bonchev–Trinajstić information content (AvgIpc) is 2.72. The maximum absolute atomic E-state index is 5.64. The van der Waals surface area contributed by atoms with E-state index in [0.29, 0.717) is 6.61 Å². The highest BCUT2D eigenvalue weighted by Gasteiger charge is 2.20. The molecule has 0 fully saturated rings. The number of ether oxygens (including phenoxy) is 1. The first kappa shape index (κ1) is 15.1. The van der Waals surface area contributed by atoms with Crippen molar-refractivity contribution in [3.63, 3.8) is 0 Å². The highest BCUT2D eigenvalue weighted by molar-refractivity contribution is 9.10. The molecule has 1 unspecified atom stereocenters. The standard InChI is InChI=1S/C16H20BrNO2/c1-5-19-12-6-7-13(15(17)9-12)16(18-4)14-8-10(2)20-11(14)3/h6-9,16,18H,5H2,1-4H3. The molecular formula is C16H20BrNO2. The zero-order valence-electron chi connectivity index (χ0n) is 12.3. The van der Waals surface area contributed by atoms with E-state index in [1.807, 2.05) is 40.0 Å². The molecular weight excluding hydrogens is 318 g/mol. The second kappa shape index (κ2) is 6.46. The lowest BCUT2D eigenvalue weighted by Gasteiger charge is -2.18. The van der Waals surface area contributed by atoms with Gasteiger partial charge in [-0.05, 0) is 51.6 Å². The van der Waals surface area contributed by atoms with Gasteiger partial charge in [0.05, 0.1) is 12.6 Å². The van der Waals surface area contributed by atoms with E-state index in [1.165, 1.54) is 5.56 Å². The normalized spacial score (nSPS) is 12.4. The number of halogens is 1. The van der Waals surface area contributed by atoms with Crippen molar-refractivity contribution in [1.82, 2.24) is 5.32 Å². The lowest BCUT2D eigenvalue weighted by atomic mass is 9.99. The topological polar surface area (TPSA) is 34.4 Å². The molecule has 0 aliphatic rings. The number of nitrogens with one attached hydrogen (secondary N) is 1. The van der Waals surface area contributed by atoms with Crippen LogP contribution in [0.2, 0.25) is 0 Å². The summed E-state index contributed by atoms with van der Waals surface area (Å²) in [6.07, 6.45) is 0. The summed E-state index contributed by atoms with van der Waals surface area (Å²) in [7, 11) is 1.95. The van der Waals surface area contributed by atoms with Crippen LogP contribution in [0.25, 0.3) is 0 Å². The molecule has 20 heavy (non-hydrogen) atoms. The first-order chi connectivity index (χ1) is 9.56. The fraction of sp³-hybridized carbons (Fsp3) is 0.375. The number of hydrogen-bond donors (Lipinski definition) is 1. The lowest BCUT2D eigenvalue weighted by molar-refractivity contribution is 0.340. The Morgan fingerprint density at radius 2 is 2.00 bits per heavy atom. The van der Waals surface area contributed by atoms with Gasteiger partial charge in [-0.3, -0.25) is 0 Å². The molecule has 0 saturated carbocycles. The molecule has 1 atom stereocenters. The zero-order chi connectivity index (χ0) is 14.7. The van der Waals surface area contributed by atoms with E-state index >= 15 is 0 Å². The van der Waals surface area contributed by atoms with Crippen LogP contribution < -0.4 is 10.1 Å². The van der Waals surface area contributed by atoms with Crippen molar-refractivity contribution in [2.24, 2.45) is 0 Å². The minimum Gasteiger partial charge on any atom is -0.494 e. The van der Waals surface area contributed by atoms with Gasteiger partial charge in [0.15, 0.2) is 0 Å². The molecule has 1 N–H and O–H groups in total. The van der Waals surface area contributed by atoms with Crippen LogP contribution in [0.3, 0.4) is 0 Å². The third-order valence-corrected chi connectivity index (χ3v) is 3.96. The van der Waals surface area contributed by atoms with E-state index in [2.05, 4.69) is 33.4 Å². The minimum absolute atomic E-state index is 0.0949. The van der Waals surface area contributed by atoms with Gasteiger partial charge in [-0.25, -0.2) is 0 Å². The molecule has 0 bridgehead atoms. The van der Waals surface area contributed by atoms with Gasteiger partial charge in [-0.15, -0.1) is 0 Å². The lowest BCUT2D eigenvalue weighted by Crippen LogP contribution is -2.18. The van der Waals surface area contributed by atoms with E-state index in [4.69, 9.17) is 9.15 Å². The molecule has 1 aromatic heterocycles. The molecule has 2 aromatic rings. The number of furan rings is 1. The summed E-state index contributed by atoms with van der Waals surface area (Å²) in [6, 6.07) is 8.26. The molecule has 0 aliphatic heterocycles. The summed E-state index contributed by atoms with van der Waals surface area (Å²) in [5, 5.41) is 3.35. The summed E-state index contributed by atoms with van der Waals surface area (Å²) >= 11 is 3.64. The third-order valence-electron chi connectivity index (χ3n) is 3.27. The van der Waals surface area contributed by atoms with Gasteiger partial charge in [0, 0.05) is 10.0 Å². The molecule has 3 nitrogen and oxygen atoms in total. The largest absolute Gasteiger partial charge is 0.494 e. The van der Waals surface area contributed by atoms with Crippen LogP contribution in [0.1, 0.15) is 35.6 Å². The molecule has 2 rings (SSSR count). The van der Waals surface area contributed by atoms with Gasteiger partial charge >= 0.3 is 0 Å². The minimum atomic E-state index is 0.0949. The van der Waals surface area contributed by atoms with Crippen molar-refractivity contribution in [3.05, 3.63) is 51.4 Å². The van der Waals surface area contributed by atoms with Gasteiger partial charge in [-0.1, -0.05) is 22.0 Å². The first-order valence-corrected chi connectivity index (χ1v) is 7.52. The van der Waals surface area contributed by atoms with E-state index in [-0.39, 0.29) is 6.04 Å². The van der Waals surface area contributed by atoms with E-state index < -0.39 is 0 Å². The molecule has 0 spiro atoms. The van der Waals surface area contributed by atoms with E-state index in [1.54, 1.807) is 0 Å². The van der Waals surface area contributed by atoms with Crippen LogP contribution >= 0.6 is 15.9 Å². The SMILES string of the molecule is CCOc1ccc(C(NC)c2cc(C)oc2C)c(Br)c1. The second-order valence-electron chi connectivity index (χ2n) is 4.71. The Morgan fingerprint density at radius 3 is 2.50 bits per heavy atom. The summed E-state index contributed by atoms with van der Waals surface area (Å²) in [4.78, 5) is 0. The Bertz CT molecular complexity index is 592. The van der Waals surface area contributed by atoms with Crippen molar-refractivity contribution in [2.45, 2.75) is 26.8 Å². The quantitative estimate of drug-likeness (QED) is 0.879. The maximum Gasteiger partial charge on any atom is 0.120 e. The number of hydrogen-bond acceptors (Lipinski definition) is 3. The van der Waals surface area contributed by atoms with Gasteiger partial charge in [0.1, 0.15) is 17.3 Å². The molecule has 0 saturated heterocycles. The van der Waals surface area contributed by atoms with Crippen molar-refractivity contribution < 1.29 is 9.15 Å². The Balaban J connectivity index is 2.39. The molecule has 0 amide bonds. The highest BCUT2D eigenvalue weighted by atomic mass is 79.9. The van der Waals surface area contributed by atoms with Crippen LogP contribution in [-0.2, 0) is 0 Å². The van der Waals surface area contributed by atoms with E-state index in [0.717, 1.165) is 27.3 Å². The number of aryl methyl sites for hydroxylation is 2. The van der Waals surface area contributed by atoms with E-state index in [9.17, 15) is 0 Å². The molecule has 1 aromatic carbocycles. The Kier molecular flexibility index (Phi) is 4.89. The maximum atomic E-state index is 5.64. The summed E-state index contributed by atoms with van der Waals surface area (Å²) in [5.41, 5.74) is 2.33. The molecule has 108 valence electrons. The average molecular weight is 338 g/mol. The van der Waals surface area contributed by atoms with Crippen LogP contribution in [0.4, 0.5) is 0 Å². The van der Waals surface area contributed by atoms with Crippen LogP contribution in [0.5, 0.6) is 5.75 Å². The smallest absolute Gasteiger partial charge is 0.120 e. The summed E-state index contributed by atoms with van der Waals surface area (Å²) in [6.45, 7) is 6.61. The zero-order valence-corrected chi connectivity index (χ0v) is 13.9. The summed E-state index contributed by atoms with van der Waals surface area (Å²) in [5.74, 6) is 2.75. The molecule has 1 heterocycles. The van der Waals surface area contributed by atoms with Gasteiger partial charge in [-0.2, -0.15) is 0 Å². The molecule has 0 radical (unpaired) electrons. The van der Waals surface area contributed by atoms with Gasteiger partial charge < -0.3 is 14.5 Å². The summed E-state index contributed by atoms with van der Waals surface area (Å²) < 4.78 is 12.2. The fourth-order valence-electron chi connectivity index (χ4n) is 2.41. The van der Waals surface area contributed by atoms with Crippen molar-refractivity contribution in [3.8, 4) is 5.75 Å². The second-order valence-corrected chi connectivity index (χ2v) is 5.56. The predicted molar refractivity (Wildman–Crippen MR) is 84.4 cm³/mol. The molecule has 0 aliphatic carbocycles. The van der Waals surface area contributed by atoms with Crippen LogP contribution in [0.15, 0.2) is 33.2 Å². The Morgan fingerprint density at radius 1 is 1.25 bits per heavy atom.